The molecule has 0 saturated carbocycles. The predicted molar refractivity (Wildman–Crippen MR) is 75.8 cm³/mol. The van der Waals surface area contributed by atoms with Crippen molar-refractivity contribution in [3.05, 3.63) is 52.8 Å². The molecule has 0 fully saturated rings. The first-order valence-corrected chi connectivity index (χ1v) is 6.45. The van der Waals surface area contributed by atoms with Crippen LogP contribution >= 0.6 is 15.9 Å². The second kappa shape index (κ2) is 5.32. The van der Waals surface area contributed by atoms with Crippen molar-refractivity contribution in [2.45, 2.75) is 13.8 Å². The van der Waals surface area contributed by atoms with E-state index in [-0.39, 0.29) is 0 Å². The minimum absolute atomic E-state index is 0.923. The van der Waals surface area contributed by atoms with Crippen LogP contribution in [0.1, 0.15) is 12.5 Å². The Morgan fingerprint density at radius 2 is 2.12 bits per heavy atom. The normalized spacial score (nSPS) is 10.3. The Morgan fingerprint density at radius 1 is 1.29 bits per heavy atom. The molecule has 0 aliphatic rings. The Labute approximate surface area is 110 Å². The summed E-state index contributed by atoms with van der Waals surface area (Å²) in [7, 11) is 0. The van der Waals surface area contributed by atoms with Gasteiger partial charge < -0.3 is 4.90 Å². The first-order valence-electron chi connectivity index (χ1n) is 5.66. The average Bonchev–Trinajstić information content (AvgIpc) is 2.33. The number of nitrogens with zero attached hydrogens (tertiary/aromatic N) is 2. The van der Waals surface area contributed by atoms with Crippen LogP contribution in [0.5, 0.6) is 0 Å². The maximum Gasteiger partial charge on any atom is 0.0595 e. The van der Waals surface area contributed by atoms with Crippen LogP contribution in [0.25, 0.3) is 0 Å². The maximum absolute atomic E-state index is 4.10. The minimum Gasteiger partial charge on any atom is -0.341 e. The summed E-state index contributed by atoms with van der Waals surface area (Å²) < 4.78 is 1.02. The number of rotatable bonds is 3. The molecule has 0 amide bonds. The molecule has 0 aliphatic heterocycles. The van der Waals surface area contributed by atoms with Crippen LogP contribution in [0.4, 0.5) is 11.4 Å². The van der Waals surface area contributed by atoms with Gasteiger partial charge in [0.15, 0.2) is 0 Å². The van der Waals surface area contributed by atoms with E-state index in [2.05, 4.69) is 63.9 Å². The number of hydrogen-bond donors (Lipinski definition) is 0. The molecule has 0 spiro atoms. The van der Waals surface area contributed by atoms with Gasteiger partial charge in [-0.25, -0.2) is 0 Å². The van der Waals surface area contributed by atoms with Crippen molar-refractivity contribution in [3.63, 3.8) is 0 Å². The Bertz CT molecular complexity index is 511. The molecule has 0 aliphatic carbocycles. The Balaban J connectivity index is 2.44. The summed E-state index contributed by atoms with van der Waals surface area (Å²) in [5, 5.41) is 0. The monoisotopic (exact) mass is 290 g/mol. The summed E-state index contributed by atoms with van der Waals surface area (Å²) in [5.74, 6) is 0. The fourth-order valence-electron chi connectivity index (χ4n) is 1.87. The zero-order valence-corrected chi connectivity index (χ0v) is 11.6. The van der Waals surface area contributed by atoms with Crippen LogP contribution in [0.15, 0.2) is 47.2 Å². The molecule has 2 aromatic rings. The summed E-state index contributed by atoms with van der Waals surface area (Å²) in [6, 6.07) is 10.5. The van der Waals surface area contributed by atoms with Crippen molar-refractivity contribution in [1.29, 1.82) is 0 Å². The molecular formula is C14H15BrN2. The van der Waals surface area contributed by atoms with E-state index in [4.69, 9.17) is 0 Å². The van der Waals surface area contributed by atoms with Gasteiger partial charge in [0, 0.05) is 24.6 Å². The van der Waals surface area contributed by atoms with E-state index in [9.17, 15) is 0 Å². The van der Waals surface area contributed by atoms with Gasteiger partial charge in [0.2, 0.25) is 0 Å². The molecule has 0 saturated heterocycles. The van der Waals surface area contributed by atoms with E-state index in [1.165, 1.54) is 11.3 Å². The molecule has 0 bridgehead atoms. The molecule has 2 nitrogen and oxygen atoms in total. The van der Waals surface area contributed by atoms with Crippen molar-refractivity contribution in [2.24, 2.45) is 0 Å². The number of anilines is 2. The summed E-state index contributed by atoms with van der Waals surface area (Å²) in [5.41, 5.74) is 3.62. The lowest BCUT2D eigenvalue weighted by Crippen LogP contribution is -2.16. The second-order valence-electron chi connectivity index (χ2n) is 3.91. The van der Waals surface area contributed by atoms with E-state index in [0.29, 0.717) is 0 Å². The summed E-state index contributed by atoms with van der Waals surface area (Å²) in [6.07, 6.45) is 3.65. The van der Waals surface area contributed by atoms with E-state index < -0.39 is 0 Å². The number of benzene rings is 1. The molecule has 1 heterocycles. The van der Waals surface area contributed by atoms with Crippen molar-refractivity contribution < 1.29 is 0 Å². The lowest BCUT2D eigenvalue weighted by molar-refractivity contribution is 1.01. The SMILES string of the molecule is CCN(c1cccc(C)c1)c1ccncc1Br. The average molecular weight is 291 g/mol. The van der Waals surface area contributed by atoms with Gasteiger partial charge in [0.05, 0.1) is 10.2 Å². The van der Waals surface area contributed by atoms with E-state index in [0.717, 1.165) is 16.7 Å². The molecule has 0 atom stereocenters. The predicted octanol–water partition coefficient (Wildman–Crippen LogP) is 4.31. The van der Waals surface area contributed by atoms with Gasteiger partial charge in [-0.3, -0.25) is 4.98 Å². The maximum atomic E-state index is 4.10. The van der Waals surface area contributed by atoms with Gasteiger partial charge in [-0.15, -0.1) is 0 Å². The first-order chi connectivity index (χ1) is 8.22. The van der Waals surface area contributed by atoms with Gasteiger partial charge in [0.1, 0.15) is 0 Å². The summed E-state index contributed by atoms with van der Waals surface area (Å²) in [4.78, 5) is 6.36. The standard InChI is InChI=1S/C14H15BrN2/c1-3-17(12-6-4-5-11(2)9-12)14-7-8-16-10-13(14)15/h4-10H,3H2,1-2H3. The van der Waals surface area contributed by atoms with Crippen LogP contribution < -0.4 is 4.90 Å². The van der Waals surface area contributed by atoms with Gasteiger partial charge in [-0.1, -0.05) is 12.1 Å². The second-order valence-corrected chi connectivity index (χ2v) is 4.76. The van der Waals surface area contributed by atoms with E-state index in [1.807, 2.05) is 18.5 Å². The Hall–Kier alpha value is -1.35. The summed E-state index contributed by atoms with van der Waals surface area (Å²) in [6.45, 7) is 5.18. The van der Waals surface area contributed by atoms with Crippen LogP contribution in [0, 0.1) is 6.92 Å². The number of aryl methyl sites for hydroxylation is 1. The van der Waals surface area contributed by atoms with Crippen LogP contribution in [-0.2, 0) is 0 Å². The molecule has 0 N–H and O–H groups in total. The zero-order chi connectivity index (χ0) is 12.3. The fourth-order valence-corrected chi connectivity index (χ4v) is 2.34. The highest BCUT2D eigenvalue weighted by atomic mass is 79.9. The lowest BCUT2D eigenvalue weighted by atomic mass is 10.2. The molecule has 88 valence electrons. The van der Waals surface area contributed by atoms with Crippen LogP contribution in [0.2, 0.25) is 0 Å². The molecular weight excluding hydrogens is 276 g/mol. The molecule has 1 aromatic heterocycles. The lowest BCUT2D eigenvalue weighted by Gasteiger charge is -2.24. The van der Waals surface area contributed by atoms with Crippen molar-refractivity contribution in [2.75, 3.05) is 11.4 Å². The molecule has 17 heavy (non-hydrogen) atoms. The highest BCUT2D eigenvalue weighted by molar-refractivity contribution is 9.10. The molecule has 3 heteroatoms. The number of aromatic nitrogens is 1. The van der Waals surface area contributed by atoms with Gasteiger partial charge in [-0.05, 0) is 53.5 Å². The third-order valence-corrected chi connectivity index (χ3v) is 3.28. The molecule has 1 aromatic carbocycles. The van der Waals surface area contributed by atoms with Crippen molar-refractivity contribution >= 4 is 27.3 Å². The summed E-state index contributed by atoms with van der Waals surface area (Å²) >= 11 is 3.55. The van der Waals surface area contributed by atoms with Gasteiger partial charge >= 0.3 is 0 Å². The van der Waals surface area contributed by atoms with Crippen LogP contribution in [0.3, 0.4) is 0 Å². The van der Waals surface area contributed by atoms with Gasteiger partial charge in [0.25, 0.3) is 0 Å². The van der Waals surface area contributed by atoms with Gasteiger partial charge in [-0.2, -0.15) is 0 Å². The highest BCUT2D eigenvalue weighted by Crippen LogP contribution is 2.31. The topological polar surface area (TPSA) is 16.1 Å². The number of hydrogen-bond acceptors (Lipinski definition) is 2. The van der Waals surface area contributed by atoms with E-state index >= 15 is 0 Å². The van der Waals surface area contributed by atoms with Crippen molar-refractivity contribution in [1.82, 2.24) is 4.98 Å². The molecule has 2 rings (SSSR count). The Morgan fingerprint density at radius 3 is 2.76 bits per heavy atom. The number of pyridine rings is 1. The van der Waals surface area contributed by atoms with E-state index in [1.54, 1.807) is 0 Å². The quantitative estimate of drug-likeness (QED) is 0.837. The van der Waals surface area contributed by atoms with Crippen LogP contribution in [-0.4, -0.2) is 11.5 Å². The number of halogens is 1. The zero-order valence-electron chi connectivity index (χ0n) is 10.0. The smallest absolute Gasteiger partial charge is 0.0595 e. The first kappa shape index (κ1) is 12.1. The third kappa shape index (κ3) is 2.67. The molecule has 0 radical (unpaired) electrons. The fraction of sp³-hybridized carbons (Fsp3) is 0.214. The Kier molecular flexibility index (Phi) is 3.79. The largest absolute Gasteiger partial charge is 0.341 e. The molecule has 0 unspecified atom stereocenters. The highest BCUT2D eigenvalue weighted by Gasteiger charge is 2.10. The van der Waals surface area contributed by atoms with Crippen molar-refractivity contribution in [3.8, 4) is 0 Å². The third-order valence-electron chi connectivity index (χ3n) is 2.67. The minimum atomic E-state index is 0.923.